The molecule has 0 aromatic heterocycles. The number of carbonyl (C=O) groups is 3. The van der Waals surface area contributed by atoms with Gasteiger partial charge in [0, 0.05) is 11.5 Å². The Labute approximate surface area is 238 Å². The normalized spacial score (nSPS) is 20.9. The second-order valence-electron chi connectivity index (χ2n) is 9.86. The summed E-state index contributed by atoms with van der Waals surface area (Å²) in [5.74, 6) is -0.727. The lowest BCUT2D eigenvalue weighted by molar-refractivity contribution is -0.109. The molecule has 12 nitrogen and oxygen atoms in total. The molecule has 0 aliphatic heterocycles. The molecule has 41 heavy (non-hydrogen) atoms. The van der Waals surface area contributed by atoms with E-state index >= 15 is 0 Å². The van der Waals surface area contributed by atoms with Crippen molar-refractivity contribution < 1.29 is 41.7 Å². The van der Waals surface area contributed by atoms with Crippen LogP contribution in [0.15, 0.2) is 71.3 Å². The number of hydroxylamine groups is 1. The van der Waals surface area contributed by atoms with Crippen molar-refractivity contribution in [2.45, 2.75) is 49.6 Å². The maximum Gasteiger partial charge on any atom is 0.408 e. The molecule has 0 radical (unpaired) electrons. The van der Waals surface area contributed by atoms with Crippen molar-refractivity contribution in [3.8, 4) is 0 Å². The van der Waals surface area contributed by atoms with Gasteiger partial charge in [0.2, 0.25) is 0 Å². The number of aryl methyl sites for hydroxylation is 1. The molecule has 2 aromatic carbocycles. The van der Waals surface area contributed by atoms with Crippen LogP contribution in [0.5, 0.6) is 0 Å². The number of hydrogen-bond acceptors (Lipinski definition) is 10. The fourth-order valence-corrected chi connectivity index (χ4v) is 5.31. The van der Waals surface area contributed by atoms with E-state index in [1.807, 2.05) is 13.0 Å². The second-order valence-corrected chi connectivity index (χ2v) is 11.5. The highest BCUT2D eigenvalue weighted by Crippen LogP contribution is 2.42. The van der Waals surface area contributed by atoms with Crippen molar-refractivity contribution >= 4 is 34.6 Å². The van der Waals surface area contributed by atoms with Crippen molar-refractivity contribution in [3.05, 3.63) is 77.6 Å². The van der Waals surface area contributed by atoms with Gasteiger partial charge in [-0.1, -0.05) is 48.0 Å². The summed E-state index contributed by atoms with van der Waals surface area (Å²) in [6.45, 7) is 1.08. The first-order valence-electron chi connectivity index (χ1n) is 12.8. The molecular weight excluding hydrogens is 554 g/mol. The molecule has 3 rings (SSSR count). The van der Waals surface area contributed by atoms with Crippen molar-refractivity contribution in [1.82, 2.24) is 10.8 Å². The lowest BCUT2D eigenvalue weighted by Gasteiger charge is -2.45. The van der Waals surface area contributed by atoms with E-state index in [2.05, 4.69) is 10.8 Å². The molecule has 1 saturated carbocycles. The van der Waals surface area contributed by atoms with Gasteiger partial charge in [-0.2, -0.15) is 8.42 Å². The molecule has 220 valence electrons. The van der Waals surface area contributed by atoms with Crippen LogP contribution >= 0.6 is 0 Å². The highest BCUT2D eigenvalue weighted by molar-refractivity contribution is 7.86. The predicted molar refractivity (Wildman–Crippen MR) is 147 cm³/mol. The Kier molecular flexibility index (Phi) is 10.8. The third-order valence-electron chi connectivity index (χ3n) is 6.98. The van der Waals surface area contributed by atoms with Crippen LogP contribution < -0.4 is 10.8 Å². The first-order valence-corrected chi connectivity index (χ1v) is 14.2. The summed E-state index contributed by atoms with van der Waals surface area (Å²) in [6, 6.07) is 15.1. The van der Waals surface area contributed by atoms with Crippen LogP contribution in [0.3, 0.4) is 0 Å². The topological polar surface area (TPSA) is 181 Å². The number of aliphatic hydroxyl groups excluding tert-OH is 1. The highest BCUT2D eigenvalue weighted by atomic mass is 32.2. The molecule has 13 heteroatoms. The fraction of sp³-hybridized carbons (Fsp3) is 0.357. The van der Waals surface area contributed by atoms with Crippen LogP contribution in [0.2, 0.25) is 0 Å². The van der Waals surface area contributed by atoms with Gasteiger partial charge < -0.3 is 20.0 Å². The van der Waals surface area contributed by atoms with E-state index in [1.54, 1.807) is 36.4 Å². The number of carbonyl (C=O) groups excluding carboxylic acids is 3. The fourth-order valence-electron chi connectivity index (χ4n) is 4.29. The van der Waals surface area contributed by atoms with Crippen LogP contribution in [0, 0.1) is 17.7 Å². The number of rotatable bonds is 13. The van der Waals surface area contributed by atoms with E-state index < -0.39 is 33.8 Å². The lowest BCUT2D eigenvalue weighted by atomic mass is 9.67. The predicted octanol–water partition coefficient (Wildman–Crippen LogP) is 2.70. The maximum atomic E-state index is 12.8. The Morgan fingerprint density at radius 1 is 1.05 bits per heavy atom. The number of nitrogens with one attached hydrogen (secondary N) is 3. The average Bonchev–Trinajstić information content (AvgIpc) is 2.98. The molecule has 0 bridgehead atoms. The van der Waals surface area contributed by atoms with Gasteiger partial charge in [0.1, 0.15) is 18.4 Å². The summed E-state index contributed by atoms with van der Waals surface area (Å²) in [4.78, 5) is 39.7. The average molecular weight is 588 g/mol. The summed E-state index contributed by atoms with van der Waals surface area (Å²) in [5.41, 5.74) is 1.56. The number of allylic oxidation sites excluding steroid dienone is 2. The van der Waals surface area contributed by atoms with Crippen LogP contribution in [-0.2, 0) is 40.1 Å². The Morgan fingerprint density at radius 2 is 1.71 bits per heavy atom. The van der Waals surface area contributed by atoms with Gasteiger partial charge in [0.05, 0.1) is 18.1 Å². The molecule has 1 aliphatic carbocycles. The van der Waals surface area contributed by atoms with Crippen molar-refractivity contribution in [2.24, 2.45) is 5.41 Å². The van der Waals surface area contributed by atoms with Gasteiger partial charge in [0.15, 0.2) is 17.9 Å². The van der Waals surface area contributed by atoms with E-state index in [-0.39, 0.29) is 61.7 Å². The zero-order valence-corrected chi connectivity index (χ0v) is 23.3. The molecule has 0 saturated heterocycles. The third-order valence-corrected chi connectivity index (χ3v) is 8.26. The molecule has 2 aromatic rings. The van der Waals surface area contributed by atoms with Gasteiger partial charge in [-0.15, -0.1) is 0 Å². The zero-order chi connectivity index (χ0) is 29.9. The molecule has 0 atom stereocenters. The van der Waals surface area contributed by atoms with E-state index in [1.165, 1.54) is 12.1 Å². The first-order chi connectivity index (χ1) is 19.6. The summed E-state index contributed by atoms with van der Waals surface area (Å²) in [7, 11) is -4.09. The van der Waals surface area contributed by atoms with Crippen molar-refractivity contribution in [3.63, 3.8) is 0 Å². The number of amidine groups is 1. The van der Waals surface area contributed by atoms with E-state index in [0.717, 1.165) is 17.2 Å². The Hall–Kier alpha value is -4.07. The summed E-state index contributed by atoms with van der Waals surface area (Å²) >= 11 is 0. The SMILES string of the molecule is Cc1ccc(S(=O)(=O)OCC2(CO)CCC(NC(=O)OCc3ccccc3)(C(=N)NOC(C=O)=CC=O)CC2)cc1. The number of hydrogen-bond donors (Lipinski definition) is 4. The minimum atomic E-state index is -4.09. The van der Waals surface area contributed by atoms with E-state index in [0.29, 0.717) is 6.29 Å². The number of benzene rings is 2. The van der Waals surface area contributed by atoms with Crippen LogP contribution in [0.25, 0.3) is 0 Å². The molecule has 1 fully saturated rings. The number of aliphatic hydroxyl groups is 1. The molecule has 4 N–H and O–H groups in total. The number of alkyl carbamates (subject to hydrolysis) is 1. The van der Waals surface area contributed by atoms with Crippen LogP contribution in [0.1, 0.15) is 36.8 Å². The Balaban J connectivity index is 1.74. The number of amides is 1. The van der Waals surface area contributed by atoms with Gasteiger partial charge in [-0.05, 0) is 50.3 Å². The van der Waals surface area contributed by atoms with Gasteiger partial charge >= 0.3 is 6.09 Å². The minimum Gasteiger partial charge on any atom is -0.445 e. The van der Waals surface area contributed by atoms with Crippen molar-refractivity contribution in [2.75, 3.05) is 13.2 Å². The Morgan fingerprint density at radius 3 is 2.29 bits per heavy atom. The van der Waals surface area contributed by atoms with Crippen molar-refractivity contribution in [1.29, 1.82) is 5.41 Å². The van der Waals surface area contributed by atoms with Gasteiger partial charge in [-0.25, -0.2) is 10.3 Å². The molecule has 1 aliphatic rings. The first kappa shape index (κ1) is 31.5. The second kappa shape index (κ2) is 14.0. The third kappa shape index (κ3) is 8.46. The van der Waals surface area contributed by atoms with Gasteiger partial charge in [0.25, 0.3) is 10.1 Å². The Bertz CT molecular complexity index is 1350. The molecule has 0 unspecified atom stereocenters. The van der Waals surface area contributed by atoms with Gasteiger partial charge in [-0.3, -0.25) is 19.2 Å². The molecule has 0 heterocycles. The molecular formula is C28H33N3O9S. The number of ether oxygens (including phenoxy) is 1. The quantitative estimate of drug-likeness (QED) is 0.0517. The van der Waals surface area contributed by atoms with Crippen LogP contribution in [0.4, 0.5) is 4.79 Å². The monoisotopic (exact) mass is 587 g/mol. The summed E-state index contributed by atoms with van der Waals surface area (Å²) < 4.78 is 36.2. The standard InChI is InChI=1S/C28H33N3O9S/c1-21-7-9-24(10-8-21)41(36,37)39-20-27(19-34)12-14-28(15-13-27,25(29)31-40-23(17-33)11-16-32)30-26(35)38-18-22-5-3-2-4-6-22/h2-11,16-17,34H,12-15,18-20H2,1H3,(H2,29,31)(H,30,35). The summed E-state index contributed by atoms with van der Waals surface area (Å²) in [5, 5.41) is 21.6. The van der Waals surface area contributed by atoms with E-state index in [9.17, 15) is 27.9 Å². The lowest BCUT2D eigenvalue weighted by Crippen LogP contribution is -2.61. The van der Waals surface area contributed by atoms with Crippen LogP contribution in [-0.4, -0.2) is 56.8 Å². The maximum absolute atomic E-state index is 12.8. The number of aldehydes is 2. The zero-order valence-electron chi connectivity index (χ0n) is 22.5. The minimum absolute atomic E-state index is 0.0124. The molecule has 0 spiro atoms. The molecule has 1 amide bonds. The largest absolute Gasteiger partial charge is 0.445 e. The van der Waals surface area contributed by atoms with E-state index in [4.69, 9.17) is 19.2 Å². The summed E-state index contributed by atoms with van der Waals surface area (Å²) in [6.07, 6.45) is 1.06. The smallest absolute Gasteiger partial charge is 0.408 e. The highest BCUT2D eigenvalue weighted by Gasteiger charge is 2.47.